The summed E-state index contributed by atoms with van der Waals surface area (Å²) in [5, 5.41) is 8.58. The minimum Gasteiger partial charge on any atom is -0.308 e. The van der Waals surface area contributed by atoms with Gasteiger partial charge >= 0.3 is 0 Å². The summed E-state index contributed by atoms with van der Waals surface area (Å²) in [6.07, 6.45) is 0. The van der Waals surface area contributed by atoms with Crippen LogP contribution in [0.25, 0.3) is 109 Å². The normalized spacial score (nSPS) is 12.3. The van der Waals surface area contributed by atoms with Crippen LogP contribution in [0, 0.1) is 0 Å². The van der Waals surface area contributed by atoms with Crippen molar-refractivity contribution in [2.24, 2.45) is 0 Å². The molecule has 0 aliphatic carbocycles. The lowest BCUT2D eigenvalue weighted by molar-refractivity contribution is 1.02. The fraction of sp³-hybridized carbons (Fsp3) is 0. The first-order chi connectivity index (χ1) is 25.3. The van der Waals surface area contributed by atoms with Crippen LogP contribution in [0.1, 0.15) is 0 Å². The van der Waals surface area contributed by atoms with Crippen molar-refractivity contribution < 1.29 is 0 Å². The monoisotopic (exact) mass is 666 g/mol. The van der Waals surface area contributed by atoms with Crippen LogP contribution in [0.2, 0.25) is 0 Å². The number of benzene rings is 7. The zero-order valence-electron chi connectivity index (χ0n) is 27.2. The zero-order chi connectivity index (χ0) is 33.2. The molecule has 5 heterocycles. The molecule has 4 nitrogen and oxygen atoms in total. The third kappa shape index (κ3) is 3.63. The summed E-state index contributed by atoms with van der Waals surface area (Å²) in [5.41, 5.74) is 11.3. The molecule has 12 aromatic rings. The minimum atomic E-state index is 0.680. The molecule has 0 bridgehead atoms. The van der Waals surface area contributed by atoms with Crippen molar-refractivity contribution >= 4 is 91.5 Å². The van der Waals surface area contributed by atoms with Gasteiger partial charge in [0.05, 0.1) is 43.5 Å². The van der Waals surface area contributed by atoms with Gasteiger partial charge in [-0.15, -0.1) is 11.3 Å². The van der Waals surface area contributed by atoms with Crippen molar-refractivity contribution in [2.45, 2.75) is 0 Å². The SMILES string of the molecule is c1ccc(-c2ccc3c(c2)c2c4c5ccccc5n5c6ccccc6c(cc2n3-c2nc(-c3ccccc3)c3sc6ccccc6c3n2)c45)cc1. The Balaban J connectivity index is 1.31. The van der Waals surface area contributed by atoms with Gasteiger partial charge in [0.2, 0.25) is 5.95 Å². The second kappa shape index (κ2) is 10.0. The predicted molar refractivity (Wildman–Crippen MR) is 215 cm³/mol. The summed E-state index contributed by atoms with van der Waals surface area (Å²) in [7, 11) is 0. The lowest BCUT2D eigenvalue weighted by atomic mass is 9.99. The van der Waals surface area contributed by atoms with Gasteiger partial charge < -0.3 is 4.40 Å². The van der Waals surface area contributed by atoms with Crippen LogP contribution in [0.3, 0.4) is 0 Å². The van der Waals surface area contributed by atoms with Crippen molar-refractivity contribution in [3.63, 3.8) is 0 Å². The van der Waals surface area contributed by atoms with E-state index in [9.17, 15) is 0 Å². The second-order valence-corrected chi connectivity index (χ2v) is 14.4. The molecule has 236 valence electrons. The average molecular weight is 667 g/mol. The van der Waals surface area contributed by atoms with Crippen LogP contribution in [-0.2, 0) is 0 Å². The summed E-state index contributed by atoms with van der Waals surface area (Å²) in [6, 6.07) is 56.7. The molecule has 0 aliphatic rings. The summed E-state index contributed by atoms with van der Waals surface area (Å²) in [4.78, 5) is 11.0. The maximum absolute atomic E-state index is 5.49. The number of thiophene rings is 1. The Bertz CT molecular complexity index is 3350. The van der Waals surface area contributed by atoms with Gasteiger partial charge in [0, 0.05) is 48.0 Å². The van der Waals surface area contributed by atoms with E-state index >= 15 is 0 Å². The first-order valence-corrected chi connectivity index (χ1v) is 18.1. The Morgan fingerprint density at radius 1 is 0.431 bits per heavy atom. The maximum atomic E-state index is 5.49. The van der Waals surface area contributed by atoms with E-state index in [2.05, 4.69) is 167 Å². The molecule has 0 unspecified atom stereocenters. The number of nitrogens with zero attached hydrogens (tertiary/aromatic N) is 4. The van der Waals surface area contributed by atoms with E-state index < -0.39 is 0 Å². The third-order valence-electron chi connectivity index (χ3n) is 10.7. The average Bonchev–Trinajstić information content (AvgIpc) is 3.93. The van der Waals surface area contributed by atoms with Crippen LogP contribution in [0.4, 0.5) is 0 Å². The smallest absolute Gasteiger partial charge is 0.235 e. The first-order valence-electron chi connectivity index (χ1n) is 17.3. The molecule has 0 saturated heterocycles. The van der Waals surface area contributed by atoms with Crippen LogP contribution >= 0.6 is 11.3 Å². The van der Waals surface area contributed by atoms with Gasteiger partial charge in [-0.25, -0.2) is 9.97 Å². The third-order valence-corrected chi connectivity index (χ3v) is 11.8. The van der Waals surface area contributed by atoms with E-state index in [1.165, 1.54) is 64.7 Å². The highest BCUT2D eigenvalue weighted by molar-refractivity contribution is 7.26. The molecule has 0 spiro atoms. The second-order valence-electron chi connectivity index (χ2n) is 13.4. The molecule has 0 fully saturated rings. The molecular weight excluding hydrogens is 641 g/mol. The highest BCUT2D eigenvalue weighted by Gasteiger charge is 2.26. The molecule has 51 heavy (non-hydrogen) atoms. The molecule has 0 amide bonds. The van der Waals surface area contributed by atoms with Gasteiger partial charge in [0.1, 0.15) is 0 Å². The van der Waals surface area contributed by atoms with Gasteiger partial charge in [-0.3, -0.25) is 4.57 Å². The van der Waals surface area contributed by atoms with Crippen LogP contribution < -0.4 is 0 Å². The number of hydrogen-bond donors (Lipinski definition) is 0. The Morgan fingerprint density at radius 2 is 1.10 bits per heavy atom. The molecule has 5 aromatic heterocycles. The first kappa shape index (κ1) is 27.3. The fourth-order valence-electron chi connectivity index (χ4n) is 8.51. The van der Waals surface area contributed by atoms with Gasteiger partial charge in [-0.05, 0) is 47.5 Å². The van der Waals surface area contributed by atoms with E-state index in [0.717, 1.165) is 37.9 Å². The molecular formula is C46H26N4S. The van der Waals surface area contributed by atoms with E-state index in [1.807, 2.05) is 0 Å². The Hall–Kier alpha value is -6.56. The predicted octanol–water partition coefficient (Wildman–Crippen LogP) is 12.4. The highest BCUT2D eigenvalue weighted by atomic mass is 32.1. The number of rotatable bonds is 3. The molecule has 5 heteroatoms. The number of hydrogen-bond acceptors (Lipinski definition) is 3. The van der Waals surface area contributed by atoms with Crippen LogP contribution in [0.5, 0.6) is 0 Å². The van der Waals surface area contributed by atoms with E-state index in [0.29, 0.717) is 5.95 Å². The standard InChI is InChI=1S/C46H26N4S/c1-3-13-27(14-4-1)29-23-24-37-34(25-29)40-38(26-33-30-17-7-10-20-35(30)49-36-21-11-8-18-31(36)41(40)44(33)49)50(37)46-47-42(28-15-5-2-6-16-28)45-43(48-46)32-19-9-12-22-39(32)51-45/h1-26H. The number of para-hydroxylation sites is 2. The summed E-state index contributed by atoms with van der Waals surface area (Å²) in [5.74, 6) is 0.680. The lowest BCUT2D eigenvalue weighted by Crippen LogP contribution is -2.02. The van der Waals surface area contributed by atoms with Crippen molar-refractivity contribution in [1.29, 1.82) is 0 Å². The summed E-state index contributed by atoms with van der Waals surface area (Å²) in [6.45, 7) is 0. The topological polar surface area (TPSA) is 35.1 Å². The quantitative estimate of drug-likeness (QED) is 0.188. The van der Waals surface area contributed by atoms with Gasteiger partial charge in [-0.1, -0.05) is 121 Å². The van der Waals surface area contributed by atoms with E-state index in [1.54, 1.807) is 11.3 Å². The van der Waals surface area contributed by atoms with Gasteiger partial charge in [0.25, 0.3) is 0 Å². The van der Waals surface area contributed by atoms with Crippen molar-refractivity contribution in [2.75, 3.05) is 0 Å². The van der Waals surface area contributed by atoms with Gasteiger partial charge in [0.15, 0.2) is 0 Å². The van der Waals surface area contributed by atoms with E-state index in [-0.39, 0.29) is 0 Å². The fourth-order valence-corrected chi connectivity index (χ4v) is 9.67. The van der Waals surface area contributed by atoms with Crippen LogP contribution in [-0.4, -0.2) is 18.9 Å². The van der Waals surface area contributed by atoms with E-state index in [4.69, 9.17) is 9.97 Å². The zero-order valence-corrected chi connectivity index (χ0v) is 28.0. The Morgan fingerprint density at radius 3 is 1.90 bits per heavy atom. The van der Waals surface area contributed by atoms with Crippen molar-refractivity contribution in [3.05, 3.63) is 158 Å². The molecule has 12 rings (SSSR count). The molecule has 0 saturated carbocycles. The molecule has 0 N–H and O–H groups in total. The highest BCUT2D eigenvalue weighted by Crippen LogP contribution is 2.47. The number of aromatic nitrogens is 4. The van der Waals surface area contributed by atoms with Gasteiger partial charge in [-0.2, -0.15) is 0 Å². The molecule has 0 atom stereocenters. The molecule has 0 radical (unpaired) electrons. The molecule has 0 aliphatic heterocycles. The number of fused-ring (bicyclic) bond motifs is 13. The minimum absolute atomic E-state index is 0.680. The Kier molecular flexibility index (Phi) is 5.35. The van der Waals surface area contributed by atoms with Crippen molar-refractivity contribution in [1.82, 2.24) is 18.9 Å². The van der Waals surface area contributed by atoms with Crippen LogP contribution in [0.15, 0.2) is 158 Å². The maximum Gasteiger partial charge on any atom is 0.235 e. The largest absolute Gasteiger partial charge is 0.308 e. The Labute approximate surface area is 295 Å². The molecule has 7 aromatic carbocycles. The summed E-state index contributed by atoms with van der Waals surface area (Å²) >= 11 is 1.77. The summed E-state index contributed by atoms with van der Waals surface area (Å²) < 4.78 is 7.11. The van der Waals surface area contributed by atoms with Crippen molar-refractivity contribution in [3.8, 4) is 28.3 Å². The lowest BCUT2D eigenvalue weighted by Gasteiger charge is -2.10.